The first-order valence-corrected chi connectivity index (χ1v) is 11.0. The van der Waals surface area contributed by atoms with Crippen LogP contribution in [0.25, 0.3) is 21.4 Å². The second-order valence-corrected chi connectivity index (χ2v) is 8.51. The third-order valence-electron chi connectivity index (χ3n) is 5.17. The van der Waals surface area contributed by atoms with E-state index in [1.54, 1.807) is 11.5 Å². The van der Waals surface area contributed by atoms with Crippen LogP contribution in [0.4, 0.5) is 0 Å². The van der Waals surface area contributed by atoms with E-state index in [1.807, 2.05) is 25.1 Å². The molecule has 0 radical (unpaired) electrons. The van der Waals surface area contributed by atoms with Crippen LogP contribution in [0, 0.1) is 6.92 Å². The van der Waals surface area contributed by atoms with Crippen LogP contribution in [0.5, 0.6) is 0 Å². The second kappa shape index (κ2) is 8.62. The molecule has 1 aromatic carbocycles. The van der Waals surface area contributed by atoms with Crippen molar-refractivity contribution >= 4 is 44.6 Å². The normalized spacial score (nSPS) is 12.1. The minimum Gasteiger partial charge on any atom is -0.465 e. The first-order chi connectivity index (χ1) is 15.7. The Morgan fingerprint density at radius 2 is 1.91 bits per heavy atom. The number of esters is 1. The predicted octanol–water partition coefficient (Wildman–Crippen LogP) is 0.449. The Kier molecular flexibility index (Phi) is 5.85. The van der Waals surface area contributed by atoms with Crippen LogP contribution in [0.1, 0.15) is 12.5 Å². The smallest absolute Gasteiger partial charge is 0.332 e. The van der Waals surface area contributed by atoms with E-state index in [0.717, 1.165) is 20.3 Å². The molecule has 4 aromatic rings. The Balaban J connectivity index is 1.78. The molecule has 0 spiro atoms. The Morgan fingerprint density at radius 3 is 2.64 bits per heavy atom. The van der Waals surface area contributed by atoms with Gasteiger partial charge >= 0.3 is 11.7 Å². The monoisotopic (exact) mass is 470 g/mol. The van der Waals surface area contributed by atoms with Crippen molar-refractivity contribution in [3.8, 4) is 0 Å². The van der Waals surface area contributed by atoms with Crippen molar-refractivity contribution in [2.24, 2.45) is 19.1 Å². The number of amides is 1. The number of hydrogen-bond donors (Lipinski definition) is 0. The molecule has 0 fully saturated rings. The number of ether oxygens (including phenoxy) is 1. The van der Waals surface area contributed by atoms with Gasteiger partial charge in [-0.15, -0.1) is 0 Å². The maximum Gasteiger partial charge on any atom is 0.332 e. The number of carbonyl (C=O) groups excluding carboxylic acids is 2. The second-order valence-electron chi connectivity index (χ2n) is 7.50. The highest BCUT2D eigenvalue weighted by molar-refractivity contribution is 7.16. The quantitative estimate of drug-likeness (QED) is 0.390. The third kappa shape index (κ3) is 4.04. The molecule has 0 bridgehead atoms. The van der Waals surface area contributed by atoms with Crippen molar-refractivity contribution in [3.05, 3.63) is 55.7 Å². The SMILES string of the molecule is CCOC(=O)Cn1c(=NC(=O)Cn2cnc3c2c(=O)n(C)c(=O)n3C)sc2cc(C)ccc21. The highest BCUT2D eigenvalue weighted by Crippen LogP contribution is 2.19. The zero-order chi connectivity index (χ0) is 23.9. The van der Waals surface area contributed by atoms with Gasteiger partial charge in [-0.1, -0.05) is 17.4 Å². The van der Waals surface area contributed by atoms with Crippen LogP contribution >= 0.6 is 11.3 Å². The number of benzene rings is 1. The molecular weight excluding hydrogens is 448 g/mol. The molecule has 0 aliphatic rings. The predicted molar refractivity (Wildman–Crippen MR) is 122 cm³/mol. The van der Waals surface area contributed by atoms with Crippen LogP contribution in [-0.2, 0) is 41.5 Å². The highest BCUT2D eigenvalue weighted by atomic mass is 32.1. The highest BCUT2D eigenvalue weighted by Gasteiger charge is 2.17. The maximum absolute atomic E-state index is 12.9. The number of carbonyl (C=O) groups is 2. The number of nitrogens with zero attached hydrogens (tertiary/aromatic N) is 6. The van der Waals surface area contributed by atoms with Crippen molar-refractivity contribution in [1.82, 2.24) is 23.3 Å². The molecule has 4 rings (SSSR count). The van der Waals surface area contributed by atoms with Gasteiger partial charge in [0, 0.05) is 14.1 Å². The lowest BCUT2D eigenvalue weighted by Gasteiger charge is -2.06. The summed E-state index contributed by atoms with van der Waals surface area (Å²) < 4.78 is 11.2. The van der Waals surface area contributed by atoms with Crippen LogP contribution in [0.15, 0.2) is 39.1 Å². The molecule has 0 aliphatic carbocycles. The van der Waals surface area contributed by atoms with E-state index < -0.39 is 23.1 Å². The molecule has 1 amide bonds. The largest absolute Gasteiger partial charge is 0.465 e. The van der Waals surface area contributed by atoms with E-state index in [0.29, 0.717) is 4.80 Å². The molecule has 0 N–H and O–H groups in total. The van der Waals surface area contributed by atoms with Gasteiger partial charge in [-0.05, 0) is 31.5 Å². The molecule has 11 nitrogen and oxygen atoms in total. The van der Waals surface area contributed by atoms with Gasteiger partial charge in [-0.2, -0.15) is 4.99 Å². The summed E-state index contributed by atoms with van der Waals surface area (Å²) in [6.07, 6.45) is 1.33. The Bertz CT molecular complexity index is 1600. The molecule has 3 heterocycles. The van der Waals surface area contributed by atoms with Gasteiger partial charge in [0.1, 0.15) is 13.1 Å². The van der Waals surface area contributed by atoms with E-state index >= 15 is 0 Å². The molecule has 3 aromatic heterocycles. The molecule has 33 heavy (non-hydrogen) atoms. The van der Waals surface area contributed by atoms with E-state index in [4.69, 9.17) is 4.74 Å². The van der Waals surface area contributed by atoms with Crippen molar-refractivity contribution in [2.45, 2.75) is 26.9 Å². The lowest BCUT2D eigenvalue weighted by molar-refractivity contribution is -0.143. The molecule has 0 aliphatic heterocycles. The Hall–Kier alpha value is -3.80. The Labute approximate surface area is 190 Å². The van der Waals surface area contributed by atoms with Gasteiger partial charge in [0.15, 0.2) is 16.0 Å². The lowest BCUT2D eigenvalue weighted by atomic mass is 10.2. The summed E-state index contributed by atoms with van der Waals surface area (Å²) in [5.41, 5.74) is 1.07. The molecule has 0 atom stereocenters. The minimum absolute atomic E-state index is 0.0837. The van der Waals surface area contributed by atoms with E-state index in [-0.39, 0.29) is 30.9 Å². The fraction of sp³-hybridized carbons (Fsp3) is 0.333. The summed E-state index contributed by atoms with van der Waals surface area (Å²) in [4.78, 5) is 58.4. The summed E-state index contributed by atoms with van der Waals surface area (Å²) in [6.45, 7) is 3.59. The maximum atomic E-state index is 12.9. The first-order valence-electron chi connectivity index (χ1n) is 10.1. The first kappa shape index (κ1) is 22.4. The van der Waals surface area contributed by atoms with Crippen LogP contribution in [0.3, 0.4) is 0 Å². The average molecular weight is 471 g/mol. The van der Waals surface area contributed by atoms with Crippen molar-refractivity contribution in [2.75, 3.05) is 6.61 Å². The number of aromatic nitrogens is 5. The van der Waals surface area contributed by atoms with Gasteiger partial charge in [-0.25, -0.2) is 9.78 Å². The van der Waals surface area contributed by atoms with E-state index in [1.165, 1.54) is 40.9 Å². The standard InChI is InChI=1S/C21H22N6O5S/c1-5-32-16(29)10-27-13-7-6-12(2)8-14(13)33-20(27)23-15(28)9-26-11-22-18-17(26)19(30)25(4)21(31)24(18)3/h6-8,11H,5,9-10H2,1-4H3. The van der Waals surface area contributed by atoms with Gasteiger partial charge in [0.2, 0.25) is 0 Å². The van der Waals surface area contributed by atoms with E-state index in [9.17, 15) is 19.2 Å². The molecule has 0 unspecified atom stereocenters. The van der Waals surface area contributed by atoms with Gasteiger partial charge < -0.3 is 13.9 Å². The molecular formula is C21H22N6O5S. The molecule has 172 valence electrons. The van der Waals surface area contributed by atoms with Crippen LogP contribution in [-0.4, -0.2) is 41.7 Å². The van der Waals surface area contributed by atoms with Gasteiger partial charge in [0.25, 0.3) is 11.5 Å². The fourth-order valence-electron chi connectivity index (χ4n) is 3.56. The summed E-state index contributed by atoms with van der Waals surface area (Å²) in [5.74, 6) is -0.970. The van der Waals surface area contributed by atoms with Crippen LogP contribution < -0.4 is 16.1 Å². The zero-order valence-corrected chi connectivity index (χ0v) is 19.4. The third-order valence-corrected chi connectivity index (χ3v) is 6.22. The minimum atomic E-state index is -0.548. The topological polar surface area (TPSA) is 122 Å². The van der Waals surface area contributed by atoms with E-state index in [2.05, 4.69) is 9.98 Å². The van der Waals surface area contributed by atoms with Crippen molar-refractivity contribution in [3.63, 3.8) is 0 Å². The number of rotatable bonds is 5. The van der Waals surface area contributed by atoms with Gasteiger partial charge in [-0.3, -0.25) is 23.5 Å². The zero-order valence-electron chi connectivity index (χ0n) is 18.6. The summed E-state index contributed by atoms with van der Waals surface area (Å²) in [7, 11) is 2.87. The lowest BCUT2D eigenvalue weighted by Crippen LogP contribution is -2.37. The number of fused-ring (bicyclic) bond motifs is 2. The van der Waals surface area contributed by atoms with Gasteiger partial charge in [0.05, 0.1) is 23.2 Å². The van der Waals surface area contributed by atoms with Crippen molar-refractivity contribution < 1.29 is 14.3 Å². The summed E-state index contributed by atoms with van der Waals surface area (Å²) in [6, 6.07) is 5.75. The molecule has 0 saturated carbocycles. The molecule has 12 heteroatoms. The number of hydrogen-bond acceptors (Lipinski definition) is 7. The van der Waals surface area contributed by atoms with Crippen molar-refractivity contribution in [1.29, 1.82) is 0 Å². The number of thiazole rings is 1. The molecule has 0 saturated heterocycles. The number of imidazole rings is 1. The Morgan fingerprint density at radius 1 is 1.15 bits per heavy atom. The average Bonchev–Trinajstić information content (AvgIpc) is 3.32. The summed E-state index contributed by atoms with van der Waals surface area (Å²) >= 11 is 1.28. The fourth-order valence-corrected chi connectivity index (χ4v) is 4.70. The number of aryl methyl sites for hydroxylation is 2. The van der Waals surface area contributed by atoms with Crippen LogP contribution in [0.2, 0.25) is 0 Å². The summed E-state index contributed by atoms with van der Waals surface area (Å²) in [5, 5.41) is 0.